The number of benzene rings is 2. The van der Waals surface area contributed by atoms with Crippen molar-refractivity contribution in [2.45, 2.75) is 188 Å². The molecule has 0 atom stereocenters. The highest BCUT2D eigenvalue weighted by atomic mass is 32.1. The number of allylic oxidation sites excluding steroid dienone is 8. The zero-order valence-corrected chi connectivity index (χ0v) is 45.5. The maximum absolute atomic E-state index is 14.7. The van der Waals surface area contributed by atoms with Gasteiger partial charge in [0.2, 0.25) is 0 Å². The summed E-state index contributed by atoms with van der Waals surface area (Å²) < 4.78 is 0.980. The summed E-state index contributed by atoms with van der Waals surface area (Å²) >= 11 is 1.69. The van der Waals surface area contributed by atoms with Crippen LogP contribution in [0.2, 0.25) is 0 Å². The lowest BCUT2D eigenvalue weighted by Gasteiger charge is -2.32. The van der Waals surface area contributed by atoms with Crippen LogP contribution in [0.5, 0.6) is 11.5 Å². The molecule has 1 heterocycles. The Hall–Kier alpha value is -4.22. The van der Waals surface area contributed by atoms with Gasteiger partial charge in [-0.2, -0.15) is 0 Å². The van der Waals surface area contributed by atoms with E-state index in [-0.39, 0.29) is 17.3 Å². The monoisotopic (exact) mass is 898 g/mol. The van der Waals surface area contributed by atoms with E-state index >= 15 is 0 Å². The summed E-state index contributed by atoms with van der Waals surface area (Å²) in [6.45, 7) is 50.8. The summed E-state index contributed by atoms with van der Waals surface area (Å²) in [5.41, 5.74) is 7.26. The van der Waals surface area contributed by atoms with Gasteiger partial charge in [0.05, 0.1) is 0 Å². The number of Topliss-reactive ketones (excluding diaryl/α,β-unsaturated/α-hetero) is 2. The van der Waals surface area contributed by atoms with Crippen molar-refractivity contribution in [3.63, 3.8) is 0 Å². The fourth-order valence-corrected chi connectivity index (χ4v) is 10.3. The summed E-state index contributed by atoms with van der Waals surface area (Å²) in [5.74, 6) is 0.474. The fraction of sp³-hybridized carbons (Fsp3) is 0.533. The maximum atomic E-state index is 14.7. The molecule has 0 bridgehead atoms. The van der Waals surface area contributed by atoms with Crippen LogP contribution in [0.4, 0.5) is 0 Å². The van der Waals surface area contributed by atoms with Crippen LogP contribution in [0.25, 0.3) is 32.7 Å². The Morgan fingerprint density at radius 2 is 0.692 bits per heavy atom. The van der Waals surface area contributed by atoms with Crippen molar-refractivity contribution in [1.82, 2.24) is 0 Å². The topological polar surface area (TPSA) is 74.3 Å². The Morgan fingerprint density at radius 3 is 0.985 bits per heavy atom. The van der Waals surface area contributed by atoms with Crippen molar-refractivity contribution in [3.8, 4) is 33.1 Å². The molecule has 5 rings (SSSR count). The van der Waals surface area contributed by atoms with Gasteiger partial charge < -0.3 is 5.11 Å². The molecule has 65 heavy (non-hydrogen) atoms. The van der Waals surface area contributed by atoms with Gasteiger partial charge in [-0.1, -0.05) is 166 Å². The number of carbonyl (C=O) groups is 2. The Morgan fingerprint density at radius 1 is 0.400 bits per heavy atom. The molecule has 0 fully saturated rings. The van der Waals surface area contributed by atoms with Crippen LogP contribution in [0.3, 0.4) is 0 Å². The van der Waals surface area contributed by atoms with Gasteiger partial charge in [0.15, 0.2) is 17.3 Å². The third-order valence-corrected chi connectivity index (χ3v) is 14.1. The molecule has 351 valence electrons. The lowest BCUT2D eigenvalue weighted by atomic mass is 9.71. The second-order valence-corrected chi connectivity index (χ2v) is 28.2. The minimum Gasteiger partial charge on any atom is -0.507 e. The van der Waals surface area contributed by atoms with E-state index in [0.29, 0.717) is 5.75 Å². The summed E-state index contributed by atoms with van der Waals surface area (Å²) in [6.07, 6.45) is 8.45. The quantitative estimate of drug-likeness (QED) is 0.278. The number of phenolic OH excluding ortho intramolecular Hbond substituents is 1. The second kappa shape index (κ2) is 16.2. The number of carbonyl (C=O) groups excluding carboxylic acids is 2. The molecule has 0 unspecified atom stereocenters. The minimum atomic E-state index is -0.474. The summed E-state index contributed by atoms with van der Waals surface area (Å²) in [7, 11) is 0. The van der Waals surface area contributed by atoms with Gasteiger partial charge in [0.25, 0.3) is 0 Å². The SMILES string of the molecule is CC(C)(C)C1=CC(=c2sc(-c3cc(C(C)(C)C)c(O)c(C(C)(C)C)c3)c(-c3cc(C(C)(C)C)c([O])c(C(C)(C)C)c3)c2=C2C=C(C(C)(C)C)C(=O)C(C(C)(C)C)=C2)C=C(C(C)(C)C)C1=O. The minimum absolute atomic E-state index is 0.0527. The number of hydrogen-bond donors (Lipinski definition) is 1. The van der Waals surface area contributed by atoms with E-state index in [1.165, 1.54) is 0 Å². The Bertz CT molecular complexity index is 2590. The molecule has 2 aliphatic carbocycles. The second-order valence-electron chi connectivity index (χ2n) is 27.1. The highest BCUT2D eigenvalue weighted by molar-refractivity contribution is 7.14. The highest BCUT2D eigenvalue weighted by Gasteiger charge is 2.38. The van der Waals surface area contributed by atoms with Crippen LogP contribution < -0.4 is 9.75 Å². The molecule has 1 aromatic heterocycles. The van der Waals surface area contributed by atoms with Crippen LogP contribution in [-0.4, -0.2) is 16.7 Å². The van der Waals surface area contributed by atoms with E-state index in [0.717, 1.165) is 87.0 Å². The summed E-state index contributed by atoms with van der Waals surface area (Å²) in [5, 5.41) is 27.7. The van der Waals surface area contributed by atoms with E-state index in [1.54, 1.807) is 11.3 Å². The first-order valence-corrected chi connectivity index (χ1v) is 24.4. The van der Waals surface area contributed by atoms with Crippen molar-refractivity contribution in [3.05, 3.63) is 103 Å². The third kappa shape index (κ3) is 10.2. The van der Waals surface area contributed by atoms with Crippen LogP contribution in [0.1, 0.15) is 188 Å². The number of rotatable bonds is 2. The van der Waals surface area contributed by atoms with Crippen molar-refractivity contribution in [1.29, 1.82) is 0 Å². The van der Waals surface area contributed by atoms with Crippen LogP contribution in [0, 0.1) is 21.7 Å². The number of thiophene rings is 1. The Labute approximate surface area is 397 Å². The van der Waals surface area contributed by atoms with Crippen molar-refractivity contribution < 1.29 is 19.8 Å². The Kier molecular flexibility index (Phi) is 12.9. The predicted molar refractivity (Wildman–Crippen MR) is 278 cm³/mol. The molecule has 0 spiro atoms. The molecule has 5 heteroatoms. The molecule has 0 aliphatic heterocycles. The normalized spacial score (nSPS) is 16.5. The molecule has 0 saturated heterocycles. The average Bonchev–Trinajstić information content (AvgIpc) is 3.48. The zero-order chi connectivity index (χ0) is 49.9. The molecule has 4 nitrogen and oxygen atoms in total. The third-order valence-electron chi connectivity index (χ3n) is 12.9. The summed E-state index contributed by atoms with van der Waals surface area (Å²) in [6, 6.07) is 8.56. The lowest BCUT2D eigenvalue weighted by molar-refractivity contribution is -0.114. The van der Waals surface area contributed by atoms with Gasteiger partial charge in [-0.25, -0.2) is 0 Å². The standard InChI is InChI=1S/C60H81O4S/c1-53(2,3)37-25-33(26-38(47(37)61)54(4,5)6)45-46(34-27-39(55(7,8)9)48(62)40(28-34)56(10,11)12)52(36-31-43(59(19,20)21)50(64)44(32-36)60(22,23)24)65-51(45)35-29-41(57(13,14)15)49(63)42(30-35)58(16,17)18/h25-32,63H,1-24H3. The first-order valence-electron chi connectivity index (χ1n) is 23.6. The first kappa shape index (κ1) is 51.8. The molecule has 2 aliphatic rings. The zero-order valence-electron chi connectivity index (χ0n) is 44.7. The predicted octanol–water partition coefficient (Wildman–Crippen LogP) is 15.5. The molecule has 1 radical (unpaired) electrons. The van der Waals surface area contributed by atoms with Gasteiger partial charge in [0, 0.05) is 64.7 Å². The average molecular weight is 898 g/mol. The number of ketones is 2. The van der Waals surface area contributed by atoms with E-state index in [4.69, 9.17) is 0 Å². The first-order chi connectivity index (χ1) is 29.0. The lowest BCUT2D eigenvalue weighted by Crippen LogP contribution is -2.33. The van der Waals surface area contributed by atoms with Crippen LogP contribution >= 0.6 is 11.3 Å². The van der Waals surface area contributed by atoms with Crippen LogP contribution in [0.15, 0.2) is 70.9 Å². The molecular formula is C60H81O4S. The van der Waals surface area contributed by atoms with Crippen LogP contribution in [-0.2, 0) is 36.4 Å². The van der Waals surface area contributed by atoms with E-state index in [9.17, 15) is 19.8 Å². The van der Waals surface area contributed by atoms with Crippen molar-refractivity contribution in [2.75, 3.05) is 0 Å². The number of aromatic hydroxyl groups is 1. The molecule has 1 N–H and O–H groups in total. The molecule has 0 saturated carbocycles. The van der Waals surface area contributed by atoms with Gasteiger partial charge >= 0.3 is 0 Å². The smallest absolute Gasteiger partial charge is 0.186 e. The van der Waals surface area contributed by atoms with E-state index in [1.807, 2.05) is 0 Å². The molecular weight excluding hydrogens is 817 g/mol. The molecule has 2 aromatic carbocycles. The molecule has 0 amide bonds. The highest BCUT2D eigenvalue weighted by Crippen LogP contribution is 2.48. The van der Waals surface area contributed by atoms with E-state index in [2.05, 4.69) is 215 Å². The van der Waals surface area contributed by atoms with E-state index < -0.39 is 43.3 Å². The summed E-state index contributed by atoms with van der Waals surface area (Å²) in [4.78, 5) is 30.2. The Balaban J connectivity index is 2.37. The van der Waals surface area contributed by atoms with Gasteiger partial charge in [0.1, 0.15) is 5.75 Å². The number of phenols is 1. The van der Waals surface area contributed by atoms with Gasteiger partial charge in [-0.15, -0.1) is 11.3 Å². The number of hydrogen-bond acceptors (Lipinski definition) is 4. The van der Waals surface area contributed by atoms with Crippen molar-refractivity contribution >= 4 is 34.0 Å². The van der Waals surface area contributed by atoms with Crippen molar-refractivity contribution in [2.24, 2.45) is 21.7 Å². The largest absolute Gasteiger partial charge is 0.507 e. The fourth-order valence-electron chi connectivity index (χ4n) is 8.95. The van der Waals surface area contributed by atoms with Gasteiger partial charge in [-0.3, -0.25) is 14.7 Å². The molecule has 3 aromatic rings. The maximum Gasteiger partial charge on any atom is 0.186 e. The van der Waals surface area contributed by atoms with Gasteiger partial charge in [-0.05, 0) is 114 Å².